The summed E-state index contributed by atoms with van der Waals surface area (Å²) >= 11 is 0. The molecule has 1 fully saturated rings. The number of pyridine rings is 1. The first-order valence-electron chi connectivity index (χ1n) is 6.41. The van der Waals surface area contributed by atoms with Crippen LogP contribution in [-0.2, 0) is 16.0 Å². The summed E-state index contributed by atoms with van der Waals surface area (Å²) < 4.78 is 10.2. The van der Waals surface area contributed by atoms with Gasteiger partial charge in [0, 0.05) is 11.8 Å². The Balaban J connectivity index is 2.13. The SMILES string of the molecule is CCOC(=O)C1C[C@@H]1c1cc(CC)nc(OC)c1. The summed E-state index contributed by atoms with van der Waals surface area (Å²) in [6, 6.07) is 3.98. The minimum Gasteiger partial charge on any atom is -0.481 e. The van der Waals surface area contributed by atoms with E-state index < -0.39 is 0 Å². The molecule has 1 unspecified atom stereocenters. The lowest BCUT2D eigenvalue weighted by Crippen LogP contribution is -2.07. The number of aryl methyl sites for hydroxylation is 1. The zero-order valence-corrected chi connectivity index (χ0v) is 11.1. The van der Waals surface area contributed by atoms with E-state index in [4.69, 9.17) is 9.47 Å². The number of nitrogens with zero attached hydrogens (tertiary/aromatic N) is 1. The highest BCUT2D eigenvalue weighted by Gasteiger charge is 2.45. The zero-order valence-electron chi connectivity index (χ0n) is 11.1. The summed E-state index contributed by atoms with van der Waals surface area (Å²) in [5.41, 5.74) is 2.13. The van der Waals surface area contributed by atoms with E-state index in [1.54, 1.807) is 7.11 Å². The molecule has 4 heteroatoms. The van der Waals surface area contributed by atoms with Crippen LogP contribution in [0.25, 0.3) is 0 Å². The van der Waals surface area contributed by atoms with E-state index in [2.05, 4.69) is 18.0 Å². The van der Waals surface area contributed by atoms with Gasteiger partial charge in [0.2, 0.25) is 5.88 Å². The highest BCUT2D eigenvalue weighted by atomic mass is 16.5. The van der Waals surface area contributed by atoms with Gasteiger partial charge in [-0.1, -0.05) is 6.92 Å². The minimum atomic E-state index is -0.0867. The van der Waals surface area contributed by atoms with Crippen molar-refractivity contribution in [2.45, 2.75) is 32.6 Å². The van der Waals surface area contributed by atoms with Crippen LogP contribution in [0.5, 0.6) is 5.88 Å². The van der Waals surface area contributed by atoms with Crippen molar-refractivity contribution in [1.82, 2.24) is 4.98 Å². The Bertz CT molecular complexity index is 422. The largest absolute Gasteiger partial charge is 0.481 e. The maximum Gasteiger partial charge on any atom is 0.309 e. The summed E-state index contributed by atoms with van der Waals surface area (Å²) in [4.78, 5) is 16.0. The summed E-state index contributed by atoms with van der Waals surface area (Å²) in [7, 11) is 1.61. The molecule has 0 aliphatic heterocycles. The second-order valence-electron chi connectivity index (χ2n) is 4.49. The van der Waals surface area contributed by atoms with Gasteiger partial charge in [-0.15, -0.1) is 0 Å². The van der Waals surface area contributed by atoms with Crippen LogP contribution >= 0.6 is 0 Å². The van der Waals surface area contributed by atoms with Crippen LogP contribution in [0.15, 0.2) is 12.1 Å². The van der Waals surface area contributed by atoms with Crippen LogP contribution in [0.4, 0.5) is 0 Å². The fourth-order valence-corrected chi connectivity index (χ4v) is 2.16. The van der Waals surface area contributed by atoms with Crippen molar-refractivity contribution in [1.29, 1.82) is 0 Å². The number of methoxy groups -OCH3 is 1. The molecule has 0 aromatic carbocycles. The lowest BCUT2D eigenvalue weighted by Gasteiger charge is -2.07. The van der Waals surface area contributed by atoms with E-state index in [0.29, 0.717) is 12.5 Å². The number of carbonyl (C=O) groups excluding carboxylic acids is 1. The van der Waals surface area contributed by atoms with E-state index in [9.17, 15) is 4.79 Å². The highest BCUT2D eigenvalue weighted by Crippen LogP contribution is 2.48. The average molecular weight is 249 g/mol. The first-order valence-corrected chi connectivity index (χ1v) is 6.41. The normalized spacial score (nSPS) is 21.5. The molecule has 1 aromatic rings. The zero-order chi connectivity index (χ0) is 13.1. The molecule has 2 rings (SSSR count). The molecule has 0 spiro atoms. The van der Waals surface area contributed by atoms with Gasteiger partial charge in [0.1, 0.15) is 0 Å². The Labute approximate surface area is 107 Å². The smallest absolute Gasteiger partial charge is 0.309 e. The van der Waals surface area contributed by atoms with Crippen molar-refractivity contribution in [3.05, 3.63) is 23.4 Å². The van der Waals surface area contributed by atoms with Crippen molar-refractivity contribution in [2.24, 2.45) is 5.92 Å². The number of hydrogen-bond acceptors (Lipinski definition) is 4. The Morgan fingerprint density at radius 3 is 2.83 bits per heavy atom. The highest BCUT2D eigenvalue weighted by molar-refractivity contribution is 5.77. The molecule has 0 bridgehead atoms. The van der Waals surface area contributed by atoms with E-state index in [1.807, 2.05) is 13.0 Å². The van der Waals surface area contributed by atoms with Gasteiger partial charge in [-0.05, 0) is 37.3 Å². The van der Waals surface area contributed by atoms with Gasteiger partial charge < -0.3 is 9.47 Å². The van der Waals surface area contributed by atoms with Gasteiger partial charge in [0.05, 0.1) is 19.6 Å². The molecule has 1 heterocycles. The fraction of sp³-hybridized carbons (Fsp3) is 0.571. The van der Waals surface area contributed by atoms with Gasteiger partial charge in [-0.25, -0.2) is 4.98 Å². The first kappa shape index (κ1) is 12.9. The molecule has 0 N–H and O–H groups in total. The molecule has 1 aromatic heterocycles. The van der Waals surface area contributed by atoms with E-state index in [1.165, 1.54) is 0 Å². The number of rotatable bonds is 5. The third-order valence-corrected chi connectivity index (χ3v) is 3.26. The molecule has 18 heavy (non-hydrogen) atoms. The quantitative estimate of drug-likeness (QED) is 0.751. The van der Waals surface area contributed by atoms with Crippen LogP contribution < -0.4 is 4.74 Å². The Hall–Kier alpha value is -1.58. The van der Waals surface area contributed by atoms with Crippen molar-refractivity contribution >= 4 is 5.97 Å². The molecule has 1 aliphatic carbocycles. The molecule has 0 saturated heterocycles. The first-order chi connectivity index (χ1) is 8.69. The van der Waals surface area contributed by atoms with Crippen molar-refractivity contribution in [2.75, 3.05) is 13.7 Å². The molecule has 2 atom stereocenters. The molecular formula is C14H19NO3. The molecule has 4 nitrogen and oxygen atoms in total. The molecule has 98 valence electrons. The second kappa shape index (κ2) is 5.38. The minimum absolute atomic E-state index is 0.0155. The monoisotopic (exact) mass is 249 g/mol. The Morgan fingerprint density at radius 1 is 1.44 bits per heavy atom. The van der Waals surface area contributed by atoms with Crippen LogP contribution in [0.2, 0.25) is 0 Å². The second-order valence-corrected chi connectivity index (χ2v) is 4.49. The number of carbonyl (C=O) groups is 1. The molecular weight excluding hydrogens is 230 g/mol. The van der Waals surface area contributed by atoms with Gasteiger partial charge in [0.25, 0.3) is 0 Å². The van der Waals surface area contributed by atoms with Gasteiger partial charge in [0.15, 0.2) is 0 Å². The van der Waals surface area contributed by atoms with Crippen LogP contribution in [0, 0.1) is 5.92 Å². The summed E-state index contributed by atoms with van der Waals surface area (Å²) in [6.45, 7) is 4.34. The number of esters is 1. The van der Waals surface area contributed by atoms with E-state index in [0.717, 1.165) is 24.1 Å². The van der Waals surface area contributed by atoms with Crippen molar-refractivity contribution in [3.8, 4) is 5.88 Å². The maximum atomic E-state index is 11.6. The molecule has 1 aliphatic rings. The topological polar surface area (TPSA) is 48.4 Å². The lowest BCUT2D eigenvalue weighted by atomic mass is 10.1. The van der Waals surface area contributed by atoms with Gasteiger partial charge in [-0.2, -0.15) is 0 Å². The third-order valence-electron chi connectivity index (χ3n) is 3.26. The molecule has 1 saturated carbocycles. The summed E-state index contributed by atoms with van der Waals surface area (Å²) in [5, 5.41) is 0. The third kappa shape index (κ3) is 2.63. The molecule has 0 amide bonds. The standard InChI is InChI=1S/C14H19NO3/c1-4-10-6-9(7-13(15-10)17-3)11-8-12(11)14(16)18-5-2/h6-7,11-12H,4-5,8H2,1-3H3/t11-,12?/m1/s1. The Morgan fingerprint density at radius 2 is 2.22 bits per heavy atom. The predicted octanol–water partition coefficient (Wildman–Crippen LogP) is 2.32. The van der Waals surface area contributed by atoms with Crippen molar-refractivity contribution in [3.63, 3.8) is 0 Å². The van der Waals surface area contributed by atoms with Crippen LogP contribution in [0.1, 0.15) is 37.4 Å². The Kier molecular flexibility index (Phi) is 3.84. The van der Waals surface area contributed by atoms with E-state index >= 15 is 0 Å². The van der Waals surface area contributed by atoms with Gasteiger partial charge in [-0.3, -0.25) is 4.79 Å². The molecule has 0 radical (unpaired) electrons. The number of aromatic nitrogens is 1. The summed E-state index contributed by atoms with van der Waals surface area (Å²) in [5.74, 6) is 0.822. The van der Waals surface area contributed by atoms with Crippen molar-refractivity contribution < 1.29 is 14.3 Å². The number of ether oxygens (including phenoxy) is 2. The number of hydrogen-bond donors (Lipinski definition) is 0. The van der Waals surface area contributed by atoms with E-state index in [-0.39, 0.29) is 17.8 Å². The summed E-state index contributed by atoms with van der Waals surface area (Å²) in [6.07, 6.45) is 1.73. The van der Waals surface area contributed by atoms with Gasteiger partial charge >= 0.3 is 5.97 Å². The lowest BCUT2D eigenvalue weighted by molar-refractivity contribution is -0.144. The maximum absolute atomic E-state index is 11.6. The predicted molar refractivity (Wildman–Crippen MR) is 67.6 cm³/mol. The fourth-order valence-electron chi connectivity index (χ4n) is 2.16. The van der Waals surface area contributed by atoms with Crippen LogP contribution in [0.3, 0.4) is 0 Å². The van der Waals surface area contributed by atoms with Crippen LogP contribution in [-0.4, -0.2) is 24.7 Å². The average Bonchev–Trinajstić information content (AvgIpc) is 3.18.